The third kappa shape index (κ3) is 3.55. The minimum atomic E-state index is -2.30. The number of rotatable bonds is 4. The third-order valence-corrected chi connectivity index (χ3v) is 2.70. The van der Waals surface area contributed by atoms with Gasteiger partial charge in [-0.1, -0.05) is 0 Å². The molecule has 9 heteroatoms. The monoisotopic (exact) mass is 332 g/mol. The van der Waals surface area contributed by atoms with Crippen LogP contribution in [-0.2, 0) is 4.79 Å². The molecule has 0 aliphatic rings. The lowest BCUT2D eigenvalue weighted by Crippen LogP contribution is -2.21. The van der Waals surface area contributed by atoms with E-state index in [1.807, 2.05) is 0 Å². The van der Waals surface area contributed by atoms with Crippen LogP contribution in [0.4, 0.5) is 27.6 Å². The number of amides is 1. The molecular weight excluding hydrogens is 323 g/mol. The number of halogens is 5. The summed E-state index contributed by atoms with van der Waals surface area (Å²) < 4.78 is 69.9. The van der Waals surface area contributed by atoms with Crippen molar-refractivity contribution in [2.75, 3.05) is 11.9 Å². The van der Waals surface area contributed by atoms with Crippen LogP contribution in [0.3, 0.4) is 0 Å². The normalized spacial score (nSPS) is 10.5. The fourth-order valence-corrected chi connectivity index (χ4v) is 1.67. The van der Waals surface area contributed by atoms with Gasteiger partial charge < -0.3 is 10.1 Å². The van der Waals surface area contributed by atoms with Gasteiger partial charge in [-0.2, -0.15) is 8.78 Å². The number of carbonyl (C=O) groups excluding carboxylic acids is 1. The Morgan fingerprint density at radius 3 is 2.22 bits per heavy atom. The number of aryl methyl sites for hydroxylation is 1. The first-order valence-electron chi connectivity index (χ1n) is 6.18. The Hall–Kier alpha value is -2.71. The van der Waals surface area contributed by atoms with Crippen LogP contribution in [0.1, 0.15) is 5.69 Å². The van der Waals surface area contributed by atoms with Crippen molar-refractivity contribution in [2.24, 2.45) is 0 Å². The van der Waals surface area contributed by atoms with E-state index in [4.69, 9.17) is 0 Å². The number of hydrogen-bond donors (Lipinski definition) is 1. The predicted molar refractivity (Wildman–Crippen MR) is 69.3 cm³/mol. The fraction of sp³-hybridized carbons (Fsp3) is 0.143. The second kappa shape index (κ2) is 6.59. The molecule has 1 N–H and O–H groups in total. The van der Waals surface area contributed by atoms with Gasteiger partial charge in [0, 0.05) is 17.6 Å². The quantitative estimate of drug-likeness (QED) is 0.532. The Morgan fingerprint density at radius 2 is 1.65 bits per heavy atom. The molecule has 0 saturated carbocycles. The molecule has 2 aromatic rings. The van der Waals surface area contributed by atoms with Crippen LogP contribution in [0.2, 0.25) is 0 Å². The smallest absolute Gasteiger partial charge is 0.262 e. The van der Waals surface area contributed by atoms with Crippen LogP contribution in [0.5, 0.6) is 5.75 Å². The molecule has 0 bridgehead atoms. The second-order valence-electron chi connectivity index (χ2n) is 4.42. The van der Waals surface area contributed by atoms with Gasteiger partial charge in [0.1, 0.15) is 0 Å². The number of pyridine rings is 1. The minimum absolute atomic E-state index is 0.337. The Balaban J connectivity index is 2.11. The average Bonchev–Trinajstić information content (AvgIpc) is 2.51. The number of anilines is 1. The van der Waals surface area contributed by atoms with Crippen molar-refractivity contribution in [3.8, 4) is 5.75 Å². The highest BCUT2D eigenvalue weighted by Gasteiger charge is 2.27. The van der Waals surface area contributed by atoms with Gasteiger partial charge in [-0.25, -0.2) is 13.2 Å². The second-order valence-corrected chi connectivity index (χ2v) is 4.42. The highest BCUT2D eigenvalue weighted by molar-refractivity contribution is 5.91. The Labute approximate surface area is 126 Å². The first-order valence-corrected chi connectivity index (χ1v) is 6.18. The topological polar surface area (TPSA) is 51.2 Å². The largest absolute Gasteiger partial charge is 0.477 e. The third-order valence-electron chi connectivity index (χ3n) is 2.70. The molecule has 0 saturated heterocycles. The highest BCUT2D eigenvalue weighted by Crippen LogP contribution is 2.29. The van der Waals surface area contributed by atoms with Crippen LogP contribution in [0, 0.1) is 36.0 Å². The maximum atomic E-state index is 13.3. The van der Waals surface area contributed by atoms with Crippen LogP contribution in [0.25, 0.3) is 0 Å². The summed E-state index contributed by atoms with van der Waals surface area (Å²) in [5, 5.41) is 2.32. The molecule has 1 aromatic heterocycles. The summed E-state index contributed by atoms with van der Waals surface area (Å²) in [4.78, 5) is 15.5. The fourth-order valence-electron chi connectivity index (χ4n) is 1.67. The van der Waals surface area contributed by atoms with Gasteiger partial charge in [-0.15, -0.1) is 0 Å². The van der Waals surface area contributed by atoms with Crippen molar-refractivity contribution in [1.82, 2.24) is 4.98 Å². The Kier molecular flexibility index (Phi) is 4.77. The molecular formula is C14H9F5N2O2. The zero-order valence-electron chi connectivity index (χ0n) is 11.6. The maximum Gasteiger partial charge on any atom is 0.262 e. The summed E-state index contributed by atoms with van der Waals surface area (Å²) in [5.74, 6) is -13.2. The first kappa shape index (κ1) is 16.7. The van der Waals surface area contributed by atoms with Crippen molar-refractivity contribution in [1.29, 1.82) is 0 Å². The van der Waals surface area contributed by atoms with Gasteiger partial charge in [-0.3, -0.25) is 9.78 Å². The molecule has 23 heavy (non-hydrogen) atoms. The van der Waals surface area contributed by atoms with Gasteiger partial charge in [0.2, 0.25) is 29.1 Å². The van der Waals surface area contributed by atoms with Crippen molar-refractivity contribution < 1.29 is 31.5 Å². The minimum Gasteiger partial charge on any atom is -0.477 e. The maximum absolute atomic E-state index is 13.3. The number of nitrogens with zero attached hydrogens (tertiary/aromatic N) is 1. The summed E-state index contributed by atoms with van der Waals surface area (Å²) in [6.07, 6.45) is 1.41. The van der Waals surface area contributed by atoms with Crippen LogP contribution in [-0.4, -0.2) is 17.5 Å². The molecule has 122 valence electrons. The molecule has 4 nitrogen and oxygen atoms in total. The number of hydrogen-bond acceptors (Lipinski definition) is 3. The average molecular weight is 332 g/mol. The van der Waals surface area contributed by atoms with E-state index in [9.17, 15) is 26.7 Å². The molecule has 1 heterocycles. The van der Waals surface area contributed by atoms with Gasteiger partial charge in [0.25, 0.3) is 5.91 Å². The van der Waals surface area contributed by atoms with E-state index >= 15 is 0 Å². The molecule has 1 amide bonds. The van der Waals surface area contributed by atoms with E-state index in [0.29, 0.717) is 11.4 Å². The van der Waals surface area contributed by atoms with E-state index < -0.39 is 47.3 Å². The van der Waals surface area contributed by atoms with E-state index in [0.717, 1.165) is 0 Å². The van der Waals surface area contributed by atoms with E-state index in [2.05, 4.69) is 15.0 Å². The van der Waals surface area contributed by atoms with E-state index in [1.54, 1.807) is 6.92 Å². The summed E-state index contributed by atoms with van der Waals surface area (Å²) in [6.45, 7) is 0.723. The molecule has 0 aliphatic heterocycles. The van der Waals surface area contributed by atoms with Crippen molar-refractivity contribution in [3.63, 3.8) is 0 Å². The molecule has 0 aliphatic carbocycles. The van der Waals surface area contributed by atoms with Gasteiger partial charge in [0.05, 0.1) is 0 Å². The van der Waals surface area contributed by atoms with E-state index in [-0.39, 0.29) is 0 Å². The molecule has 2 rings (SSSR count). The standard InChI is InChI=1S/C14H9F5N2O2/c1-6-4-7(2-3-20-6)21-8(22)5-23-14-12(18)10(16)9(15)11(17)13(14)19/h2-4H,5H2,1H3,(H,20,21,22). The molecule has 1 aromatic carbocycles. The lowest BCUT2D eigenvalue weighted by Gasteiger charge is -2.10. The molecule has 0 spiro atoms. The van der Waals surface area contributed by atoms with Gasteiger partial charge in [-0.05, 0) is 19.1 Å². The number of carbonyl (C=O) groups is 1. The first-order chi connectivity index (χ1) is 10.8. The number of aromatic nitrogens is 1. The summed E-state index contributed by atoms with van der Waals surface area (Å²) >= 11 is 0. The summed E-state index contributed by atoms with van der Waals surface area (Å²) in [6, 6.07) is 2.96. The van der Waals surface area contributed by atoms with Crippen LogP contribution in [0.15, 0.2) is 18.3 Å². The lowest BCUT2D eigenvalue weighted by molar-refractivity contribution is -0.118. The van der Waals surface area contributed by atoms with Gasteiger partial charge >= 0.3 is 0 Å². The van der Waals surface area contributed by atoms with E-state index in [1.165, 1.54) is 18.3 Å². The molecule has 0 unspecified atom stereocenters. The molecule has 0 radical (unpaired) electrons. The zero-order valence-corrected chi connectivity index (χ0v) is 11.6. The number of ether oxygens (including phenoxy) is 1. The number of nitrogens with one attached hydrogen (secondary N) is 1. The molecule has 0 fully saturated rings. The van der Waals surface area contributed by atoms with Gasteiger partial charge in [0.15, 0.2) is 12.4 Å². The van der Waals surface area contributed by atoms with Crippen molar-refractivity contribution >= 4 is 11.6 Å². The lowest BCUT2D eigenvalue weighted by atomic mass is 10.2. The summed E-state index contributed by atoms with van der Waals surface area (Å²) in [5.41, 5.74) is 0.937. The Morgan fingerprint density at radius 1 is 1.09 bits per heavy atom. The zero-order chi connectivity index (χ0) is 17.1. The highest BCUT2D eigenvalue weighted by atomic mass is 19.2. The molecule has 0 atom stereocenters. The van der Waals surface area contributed by atoms with Crippen molar-refractivity contribution in [3.05, 3.63) is 53.1 Å². The van der Waals surface area contributed by atoms with Crippen LogP contribution < -0.4 is 10.1 Å². The summed E-state index contributed by atoms with van der Waals surface area (Å²) in [7, 11) is 0. The van der Waals surface area contributed by atoms with Crippen molar-refractivity contribution in [2.45, 2.75) is 6.92 Å². The SMILES string of the molecule is Cc1cc(NC(=O)COc2c(F)c(F)c(F)c(F)c2F)ccn1. The number of benzene rings is 1. The predicted octanol–water partition coefficient (Wildman–Crippen LogP) is 3.10. The Bertz CT molecular complexity index is 738. The van der Waals surface area contributed by atoms with Crippen LogP contribution >= 0.6 is 0 Å².